The molecule has 1 aliphatic carbocycles. The van der Waals surface area contributed by atoms with E-state index >= 15 is 0 Å². The van der Waals surface area contributed by atoms with Crippen molar-refractivity contribution in [3.8, 4) is 0 Å². The van der Waals surface area contributed by atoms with Crippen LogP contribution in [0.4, 0.5) is 10.8 Å². The number of aromatic nitrogens is 1. The Balaban J connectivity index is 2.17. The van der Waals surface area contributed by atoms with E-state index < -0.39 is 9.84 Å². The third-order valence-electron chi connectivity index (χ3n) is 4.25. The Kier molecular flexibility index (Phi) is 4.59. The molecule has 0 radical (unpaired) electrons. The van der Waals surface area contributed by atoms with Gasteiger partial charge in [-0.25, -0.2) is 8.42 Å². The number of nitrogens with zero attached hydrogens (tertiary/aromatic N) is 1. The van der Waals surface area contributed by atoms with Crippen LogP contribution in [0.3, 0.4) is 0 Å². The Labute approximate surface area is 125 Å². The van der Waals surface area contributed by atoms with Crippen molar-refractivity contribution < 1.29 is 8.42 Å². The molecular formula is C13H23N3O2S2. The summed E-state index contributed by atoms with van der Waals surface area (Å²) in [5.74, 6) is 0.244. The Morgan fingerprint density at radius 1 is 1.40 bits per heavy atom. The molecule has 0 bridgehead atoms. The smallest absolute Gasteiger partial charge is 0.185 e. The van der Waals surface area contributed by atoms with Gasteiger partial charge in [-0.3, -0.25) is 0 Å². The van der Waals surface area contributed by atoms with Gasteiger partial charge in [-0.1, -0.05) is 20.3 Å². The van der Waals surface area contributed by atoms with Crippen LogP contribution in [-0.4, -0.2) is 25.1 Å². The predicted molar refractivity (Wildman–Crippen MR) is 83.9 cm³/mol. The van der Waals surface area contributed by atoms with Crippen LogP contribution in [0.2, 0.25) is 0 Å². The molecule has 2 rings (SSSR count). The minimum absolute atomic E-state index is 0.114. The summed E-state index contributed by atoms with van der Waals surface area (Å²) in [7, 11) is -3.33. The Bertz CT molecular complexity index is 557. The number of hydrogen-bond donors (Lipinski definition) is 2. The van der Waals surface area contributed by atoms with Crippen molar-refractivity contribution in [1.82, 2.24) is 4.37 Å². The first-order valence-electron chi connectivity index (χ1n) is 7.16. The Morgan fingerprint density at radius 2 is 2.10 bits per heavy atom. The highest BCUT2D eigenvalue weighted by atomic mass is 32.2. The quantitative estimate of drug-likeness (QED) is 0.807. The lowest BCUT2D eigenvalue weighted by atomic mass is 9.67. The molecule has 1 aliphatic rings. The minimum atomic E-state index is -3.33. The second kappa shape index (κ2) is 5.89. The Hall–Kier alpha value is -0.820. The first-order chi connectivity index (χ1) is 9.44. The van der Waals surface area contributed by atoms with Gasteiger partial charge < -0.3 is 11.1 Å². The van der Waals surface area contributed by atoms with Gasteiger partial charge in [0.25, 0.3) is 0 Å². The summed E-state index contributed by atoms with van der Waals surface area (Å²) in [4.78, 5) is 0.204. The van der Waals surface area contributed by atoms with E-state index in [-0.39, 0.29) is 16.5 Å². The number of hydrogen-bond acceptors (Lipinski definition) is 6. The maximum atomic E-state index is 12.3. The third kappa shape index (κ3) is 2.93. The number of nitrogens with one attached hydrogen (secondary N) is 1. The van der Waals surface area contributed by atoms with Crippen LogP contribution < -0.4 is 11.1 Å². The van der Waals surface area contributed by atoms with Gasteiger partial charge in [0.15, 0.2) is 15.7 Å². The zero-order valence-corrected chi connectivity index (χ0v) is 13.7. The minimum Gasteiger partial charge on any atom is -0.382 e. The van der Waals surface area contributed by atoms with E-state index in [1.165, 1.54) is 19.3 Å². The van der Waals surface area contributed by atoms with Crippen molar-refractivity contribution in [2.75, 3.05) is 23.3 Å². The van der Waals surface area contributed by atoms with Crippen LogP contribution in [0.1, 0.15) is 46.0 Å². The first kappa shape index (κ1) is 15.6. The second-order valence-electron chi connectivity index (χ2n) is 5.61. The van der Waals surface area contributed by atoms with Crippen molar-refractivity contribution in [1.29, 1.82) is 0 Å². The van der Waals surface area contributed by atoms with Crippen LogP contribution in [0.5, 0.6) is 0 Å². The van der Waals surface area contributed by atoms with Gasteiger partial charge in [-0.15, -0.1) is 0 Å². The highest BCUT2D eigenvalue weighted by Gasteiger charge is 2.35. The first-order valence-corrected chi connectivity index (χ1v) is 9.58. The molecule has 3 N–H and O–H groups in total. The van der Waals surface area contributed by atoms with Gasteiger partial charge in [-0.2, -0.15) is 4.37 Å². The molecule has 1 fully saturated rings. The predicted octanol–water partition coefficient (Wildman–Crippen LogP) is 2.90. The van der Waals surface area contributed by atoms with Crippen molar-refractivity contribution in [3.05, 3.63) is 0 Å². The zero-order valence-electron chi connectivity index (χ0n) is 12.1. The average molecular weight is 317 g/mol. The third-order valence-corrected chi connectivity index (χ3v) is 7.18. The van der Waals surface area contributed by atoms with Crippen LogP contribution in [-0.2, 0) is 9.84 Å². The summed E-state index contributed by atoms with van der Waals surface area (Å²) >= 11 is 1.15. The number of sulfone groups is 1. The lowest BCUT2D eigenvalue weighted by Gasteiger charge is -2.41. The molecule has 1 aromatic rings. The van der Waals surface area contributed by atoms with Crippen LogP contribution in [0, 0.1) is 5.41 Å². The lowest BCUT2D eigenvalue weighted by molar-refractivity contribution is 0.145. The summed E-state index contributed by atoms with van der Waals surface area (Å²) in [6, 6.07) is 0. The van der Waals surface area contributed by atoms with E-state index in [0.717, 1.165) is 24.5 Å². The summed E-state index contributed by atoms with van der Waals surface area (Å²) in [5.41, 5.74) is 6.08. The largest absolute Gasteiger partial charge is 0.382 e. The topological polar surface area (TPSA) is 85.1 Å². The van der Waals surface area contributed by atoms with Gasteiger partial charge >= 0.3 is 0 Å². The van der Waals surface area contributed by atoms with Crippen LogP contribution in [0.25, 0.3) is 0 Å². The van der Waals surface area contributed by atoms with Gasteiger partial charge in [0, 0.05) is 6.54 Å². The van der Waals surface area contributed by atoms with Gasteiger partial charge in [0.2, 0.25) is 0 Å². The molecule has 0 aliphatic heterocycles. The van der Waals surface area contributed by atoms with Gasteiger partial charge in [-0.05, 0) is 42.6 Å². The highest BCUT2D eigenvalue weighted by Crippen LogP contribution is 2.44. The molecule has 0 unspecified atom stereocenters. The summed E-state index contributed by atoms with van der Waals surface area (Å²) in [5, 5.41) is 3.90. The molecule has 1 saturated carbocycles. The van der Waals surface area contributed by atoms with E-state index in [1.807, 2.05) is 6.92 Å². The second-order valence-corrected chi connectivity index (χ2v) is 8.42. The molecule has 0 spiro atoms. The monoisotopic (exact) mass is 317 g/mol. The van der Waals surface area contributed by atoms with E-state index in [0.29, 0.717) is 16.8 Å². The maximum absolute atomic E-state index is 12.3. The Morgan fingerprint density at radius 3 is 2.60 bits per heavy atom. The van der Waals surface area contributed by atoms with Crippen molar-refractivity contribution in [2.24, 2.45) is 5.41 Å². The summed E-state index contributed by atoms with van der Waals surface area (Å²) in [6.07, 6.45) is 5.38. The van der Waals surface area contributed by atoms with Crippen LogP contribution >= 0.6 is 11.5 Å². The molecule has 20 heavy (non-hydrogen) atoms. The van der Waals surface area contributed by atoms with Gasteiger partial charge in [0.1, 0.15) is 9.90 Å². The molecule has 0 aromatic carbocycles. The molecule has 0 saturated heterocycles. The lowest BCUT2D eigenvalue weighted by Crippen LogP contribution is -2.35. The van der Waals surface area contributed by atoms with Gasteiger partial charge in [0.05, 0.1) is 5.75 Å². The van der Waals surface area contributed by atoms with Crippen molar-refractivity contribution in [2.45, 2.75) is 50.8 Å². The van der Waals surface area contributed by atoms with Crippen molar-refractivity contribution >= 4 is 32.2 Å². The van der Waals surface area contributed by atoms with Crippen LogP contribution in [0.15, 0.2) is 4.90 Å². The molecule has 5 nitrogen and oxygen atoms in total. The molecule has 114 valence electrons. The fourth-order valence-electron chi connectivity index (χ4n) is 2.68. The maximum Gasteiger partial charge on any atom is 0.185 e. The number of anilines is 2. The normalized spacial score (nSPS) is 17.7. The summed E-state index contributed by atoms with van der Waals surface area (Å²) in [6.45, 7) is 4.84. The summed E-state index contributed by atoms with van der Waals surface area (Å²) < 4.78 is 28.5. The number of nitrogens with two attached hydrogens (primary N) is 1. The molecular weight excluding hydrogens is 294 g/mol. The van der Waals surface area contributed by atoms with E-state index in [1.54, 1.807) is 0 Å². The molecule has 0 atom stereocenters. The van der Waals surface area contributed by atoms with Crippen molar-refractivity contribution in [3.63, 3.8) is 0 Å². The fraction of sp³-hybridized carbons (Fsp3) is 0.769. The molecule has 1 heterocycles. The highest BCUT2D eigenvalue weighted by molar-refractivity contribution is 7.91. The van der Waals surface area contributed by atoms with E-state index in [2.05, 4.69) is 16.6 Å². The molecule has 7 heteroatoms. The number of nitrogen functional groups attached to an aromatic ring is 1. The van der Waals surface area contributed by atoms with E-state index in [4.69, 9.17) is 5.73 Å². The average Bonchev–Trinajstić information content (AvgIpc) is 2.70. The zero-order chi connectivity index (χ0) is 14.8. The SMILES string of the molecule is CCCS(=O)(=O)c1c(N)nsc1NCC1(CC)CCC1. The molecule has 1 aromatic heterocycles. The van der Waals surface area contributed by atoms with E-state index in [9.17, 15) is 8.42 Å². The fourth-order valence-corrected chi connectivity index (χ4v) is 5.29. The molecule has 0 amide bonds. The number of rotatable bonds is 7. The standard InChI is InChI=1S/C13H23N3O2S2/c1-3-8-20(17,18)10-11(14)16-19-12(10)15-9-13(4-2)6-5-7-13/h15H,3-9H2,1-2H3,(H2,14,16).